The molecule has 0 aliphatic rings. The molecule has 0 bridgehead atoms. The van der Waals surface area contributed by atoms with Crippen molar-refractivity contribution in [1.29, 1.82) is 0 Å². The maximum Gasteiger partial charge on any atom is 0.224 e. The zero-order valence-corrected chi connectivity index (χ0v) is 24.1. The number of carbonyl (C=O) groups is 1. The van der Waals surface area contributed by atoms with Crippen molar-refractivity contribution in [3.63, 3.8) is 0 Å². The highest BCUT2D eigenvalue weighted by Gasteiger charge is 2.11. The Morgan fingerprint density at radius 1 is 0.829 bits per heavy atom. The van der Waals surface area contributed by atoms with Gasteiger partial charge in [-0.2, -0.15) is 0 Å². The summed E-state index contributed by atoms with van der Waals surface area (Å²) in [5, 5.41) is 3.09. The van der Waals surface area contributed by atoms with Crippen molar-refractivity contribution < 1.29 is 9.53 Å². The first-order chi connectivity index (χ1) is 20.1. The molecule has 0 spiro atoms. The Hall–Kier alpha value is -4.38. The molecular weight excluding hydrogens is 506 g/mol. The third-order valence-corrected chi connectivity index (χ3v) is 7.42. The van der Waals surface area contributed by atoms with Gasteiger partial charge in [0.15, 0.2) is 0 Å². The van der Waals surface area contributed by atoms with E-state index in [2.05, 4.69) is 90.5 Å². The number of nitrogens with one attached hydrogen (secondary N) is 1. The average Bonchev–Trinajstić information content (AvgIpc) is 3.35. The molecule has 5 rings (SSSR count). The van der Waals surface area contributed by atoms with Crippen molar-refractivity contribution in [2.24, 2.45) is 0 Å². The summed E-state index contributed by atoms with van der Waals surface area (Å²) in [6, 6.07) is 35.1. The van der Waals surface area contributed by atoms with Crippen molar-refractivity contribution in [3.05, 3.63) is 120 Å². The summed E-state index contributed by atoms with van der Waals surface area (Å²) in [4.78, 5) is 17.6. The van der Waals surface area contributed by atoms with Crippen LogP contribution in [0.5, 0.6) is 5.75 Å². The molecule has 0 saturated carbocycles. The second kappa shape index (κ2) is 13.8. The van der Waals surface area contributed by atoms with Crippen LogP contribution in [0.3, 0.4) is 0 Å². The predicted molar refractivity (Wildman–Crippen MR) is 167 cm³/mol. The highest BCUT2D eigenvalue weighted by atomic mass is 16.5. The fourth-order valence-electron chi connectivity index (χ4n) is 5.08. The topological polar surface area (TPSA) is 56.1 Å². The number of nitrogens with zero attached hydrogens (tertiary/aromatic N) is 2. The second-order valence-electron chi connectivity index (χ2n) is 10.8. The van der Waals surface area contributed by atoms with E-state index in [1.165, 1.54) is 11.1 Å². The van der Waals surface area contributed by atoms with E-state index < -0.39 is 0 Å². The van der Waals surface area contributed by atoms with Gasteiger partial charge in [0.25, 0.3) is 0 Å². The largest absolute Gasteiger partial charge is 0.494 e. The quantitative estimate of drug-likeness (QED) is 0.155. The molecule has 210 valence electrons. The van der Waals surface area contributed by atoms with Crippen LogP contribution in [0.4, 0.5) is 0 Å². The number of fused-ring (bicyclic) bond motifs is 1. The minimum atomic E-state index is 0.0266. The van der Waals surface area contributed by atoms with Crippen LogP contribution in [0, 0.1) is 0 Å². The summed E-state index contributed by atoms with van der Waals surface area (Å²) in [6.45, 7) is 6.51. The Morgan fingerprint density at radius 2 is 1.54 bits per heavy atom. The molecule has 0 saturated heterocycles. The van der Waals surface area contributed by atoms with Crippen molar-refractivity contribution in [1.82, 2.24) is 14.9 Å². The first-order valence-corrected chi connectivity index (χ1v) is 14.6. The van der Waals surface area contributed by atoms with Gasteiger partial charge in [-0.3, -0.25) is 4.79 Å². The van der Waals surface area contributed by atoms with Crippen molar-refractivity contribution in [2.45, 2.75) is 52.0 Å². The number of unbranched alkanes of at least 4 members (excludes halogenated alkanes) is 1. The molecule has 0 radical (unpaired) electrons. The number of aromatic nitrogens is 2. The fraction of sp³-hybridized carbons (Fsp3) is 0.278. The van der Waals surface area contributed by atoms with Crippen LogP contribution < -0.4 is 10.1 Å². The van der Waals surface area contributed by atoms with Gasteiger partial charge in [-0.1, -0.05) is 92.7 Å². The van der Waals surface area contributed by atoms with Crippen LogP contribution in [0.25, 0.3) is 22.2 Å². The molecule has 4 aromatic carbocycles. The smallest absolute Gasteiger partial charge is 0.224 e. The summed E-state index contributed by atoms with van der Waals surface area (Å²) in [6.07, 6.45) is 3.00. The predicted octanol–water partition coefficient (Wildman–Crippen LogP) is 7.59. The third-order valence-electron chi connectivity index (χ3n) is 7.42. The Morgan fingerprint density at radius 3 is 2.29 bits per heavy atom. The van der Waals surface area contributed by atoms with Crippen LogP contribution in [0.1, 0.15) is 49.6 Å². The molecule has 5 nitrogen and oxygen atoms in total. The number of imidazole rings is 1. The lowest BCUT2D eigenvalue weighted by molar-refractivity contribution is -0.120. The number of rotatable bonds is 13. The first-order valence-electron chi connectivity index (χ1n) is 14.6. The van der Waals surface area contributed by atoms with Gasteiger partial charge in [0.1, 0.15) is 11.6 Å². The standard InChI is InChI=1S/C36H39N3O2/c1-27(2)29-18-20-32(21-19-29)41-25-9-8-24-39-34-13-7-6-12-33(34)38-35(39)22-23-37-36(40)26-28-14-16-31(17-15-28)30-10-4-3-5-11-30/h3-7,10-21,27H,8-9,22-26H2,1-2H3,(H,37,40). The Kier molecular flexibility index (Phi) is 9.48. The molecule has 0 aliphatic heterocycles. The molecule has 0 atom stereocenters. The van der Waals surface area contributed by atoms with Crippen LogP contribution in [0.2, 0.25) is 0 Å². The first kappa shape index (κ1) is 28.2. The van der Waals surface area contributed by atoms with E-state index in [0.29, 0.717) is 31.9 Å². The highest BCUT2D eigenvalue weighted by Crippen LogP contribution is 2.21. The summed E-state index contributed by atoms with van der Waals surface area (Å²) in [5.41, 5.74) is 6.79. The van der Waals surface area contributed by atoms with E-state index in [1.807, 2.05) is 36.4 Å². The molecule has 0 aliphatic carbocycles. The number of hydrogen-bond acceptors (Lipinski definition) is 3. The van der Waals surface area contributed by atoms with Gasteiger partial charge in [0.05, 0.1) is 24.1 Å². The summed E-state index contributed by atoms with van der Waals surface area (Å²) < 4.78 is 8.27. The van der Waals surface area contributed by atoms with Crippen LogP contribution in [0.15, 0.2) is 103 Å². The number of benzene rings is 4. The van der Waals surface area contributed by atoms with Crippen molar-refractivity contribution >= 4 is 16.9 Å². The lowest BCUT2D eigenvalue weighted by Crippen LogP contribution is -2.28. The van der Waals surface area contributed by atoms with Gasteiger partial charge in [-0.25, -0.2) is 4.98 Å². The van der Waals surface area contributed by atoms with E-state index in [-0.39, 0.29) is 5.91 Å². The van der Waals surface area contributed by atoms with Crippen LogP contribution >= 0.6 is 0 Å². The Balaban J connectivity index is 1.10. The fourth-order valence-corrected chi connectivity index (χ4v) is 5.08. The highest BCUT2D eigenvalue weighted by molar-refractivity contribution is 5.79. The van der Waals surface area contributed by atoms with Gasteiger partial charge in [0, 0.05) is 19.5 Å². The van der Waals surface area contributed by atoms with Crippen LogP contribution in [-0.4, -0.2) is 28.6 Å². The third kappa shape index (κ3) is 7.63. The zero-order chi connectivity index (χ0) is 28.4. The van der Waals surface area contributed by atoms with Gasteiger partial charge in [-0.05, 0) is 65.3 Å². The van der Waals surface area contributed by atoms with Gasteiger partial charge >= 0.3 is 0 Å². The molecule has 1 N–H and O–H groups in total. The summed E-state index contributed by atoms with van der Waals surface area (Å²) in [5.74, 6) is 2.47. The average molecular weight is 546 g/mol. The lowest BCUT2D eigenvalue weighted by atomic mass is 10.0. The van der Waals surface area contributed by atoms with Crippen molar-refractivity contribution in [3.8, 4) is 16.9 Å². The number of aryl methyl sites for hydroxylation is 1. The van der Waals surface area contributed by atoms with Gasteiger partial charge < -0.3 is 14.6 Å². The number of para-hydroxylation sites is 2. The van der Waals surface area contributed by atoms with E-state index in [1.54, 1.807) is 0 Å². The van der Waals surface area contributed by atoms with E-state index in [4.69, 9.17) is 9.72 Å². The molecule has 5 heteroatoms. The molecule has 1 heterocycles. The SMILES string of the molecule is CC(C)c1ccc(OCCCCn2c(CCNC(=O)Cc3ccc(-c4ccccc4)cc3)nc3ccccc32)cc1. The molecule has 41 heavy (non-hydrogen) atoms. The summed E-state index contributed by atoms with van der Waals surface area (Å²) >= 11 is 0. The number of amides is 1. The number of hydrogen-bond donors (Lipinski definition) is 1. The minimum absolute atomic E-state index is 0.0266. The monoisotopic (exact) mass is 545 g/mol. The molecular formula is C36H39N3O2. The molecule has 1 aromatic heterocycles. The molecule has 1 amide bonds. The van der Waals surface area contributed by atoms with E-state index in [0.717, 1.165) is 53.1 Å². The van der Waals surface area contributed by atoms with E-state index >= 15 is 0 Å². The molecule has 0 fully saturated rings. The maximum atomic E-state index is 12.7. The minimum Gasteiger partial charge on any atom is -0.494 e. The maximum absolute atomic E-state index is 12.7. The number of carbonyl (C=O) groups excluding carboxylic acids is 1. The zero-order valence-electron chi connectivity index (χ0n) is 24.1. The summed E-state index contributed by atoms with van der Waals surface area (Å²) in [7, 11) is 0. The van der Waals surface area contributed by atoms with Gasteiger partial charge in [0.2, 0.25) is 5.91 Å². The molecule has 5 aromatic rings. The number of ether oxygens (including phenoxy) is 1. The van der Waals surface area contributed by atoms with Gasteiger partial charge in [-0.15, -0.1) is 0 Å². The van der Waals surface area contributed by atoms with Crippen molar-refractivity contribution in [2.75, 3.05) is 13.2 Å². The Labute approximate surface area is 243 Å². The van der Waals surface area contributed by atoms with Crippen LogP contribution in [-0.2, 0) is 24.2 Å². The normalized spacial score (nSPS) is 11.2. The van der Waals surface area contributed by atoms with E-state index in [9.17, 15) is 4.79 Å². The Bertz CT molecular complexity index is 1540. The molecule has 0 unspecified atom stereocenters. The lowest BCUT2D eigenvalue weighted by Gasteiger charge is -2.11. The second-order valence-corrected chi connectivity index (χ2v) is 10.8.